The number of fused-ring (bicyclic) bond motifs is 2. The number of halogens is 1. The first kappa shape index (κ1) is 26.4. The van der Waals surface area contributed by atoms with E-state index in [0.29, 0.717) is 30.6 Å². The van der Waals surface area contributed by atoms with Crippen LogP contribution in [0.1, 0.15) is 37.3 Å². The summed E-state index contributed by atoms with van der Waals surface area (Å²) in [6.07, 6.45) is 12.0. The molecule has 0 radical (unpaired) electrons. The minimum absolute atomic E-state index is 0.00501. The first-order valence-electron chi connectivity index (χ1n) is 14.0. The van der Waals surface area contributed by atoms with Crippen LogP contribution in [0.2, 0.25) is 0 Å². The Hall–Kier alpha value is -4.85. The van der Waals surface area contributed by atoms with Crippen LogP contribution >= 0.6 is 0 Å². The third-order valence-corrected chi connectivity index (χ3v) is 7.34. The smallest absolute Gasteiger partial charge is 0.224 e. The molecule has 7 nitrogen and oxygen atoms in total. The fourth-order valence-corrected chi connectivity index (χ4v) is 5.26. The van der Waals surface area contributed by atoms with Crippen molar-refractivity contribution >= 4 is 28.7 Å². The number of aromatic nitrogens is 2. The maximum absolute atomic E-state index is 14.6. The number of pyridine rings is 2. The molecule has 0 aliphatic carbocycles. The van der Waals surface area contributed by atoms with Gasteiger partial charge in [0.15, 0.2) is 0 Å². The molecule has 0 unspecified atom stereocenters. The van der Waals surface area contributed by atoms with Gasteiger partial charge in [-0.3, -0.25) is 19.8 Å². The molecule has 0 spiro atoms. The summed E-state index contributed by atoms with van der Waals surface area (Å²) in [4.78, 5) is 26.0. The van der Waals surface area contributed by atoms with E-state index in [1.807, 2.05) is 12.1 Å². The molecular formula is C33H31FN6O. The number of unbranched alkanes of at least 4 members (excludes halogenated alkanes) is 1. The number of benzene rings is 2. The summed E-state index contributed by atoms with van der Waals surface area (Å²) in [6, 6.07) is 15.0. The molecule has 0 fully saturated rings. The van der Waals surface area contributed by atoms with Gasteiger partial charge < -0.3 is 16.0 Å². The lowest BCUT2D eigenvalue weighted by Crippen LogP contribution is -2.18. The summed E-state index contributed by atoms with van der Waals surface area (Å²) in [6.45, 7) is 3.41. The number of aliphatic imine (C=N–C) groups is 1. The largest absolute Gasteiger partial charge is 0.383 e. The number of carbonyl (C=O) groups is 1. The fraction of sp³-hybridized carbons (Fsp3) is 0.212. The van der Waals surface area contributed by atoms with E-state index in [2.05, 4.69) is 57.1 Å². The number of nitrogens with zero attached hydrogens (tertiary/aromatic N) is 3. The van der Waals surface area contributed by atoms with Gasteiger partial charge in [0.25, 0.3) is 0 Å². The zero-order valence-corrected chi connectivity index (χ0v) is 22.9. The molecule has 0 saturated carbocycles. The van der Waals surface area contributed by atoms with E-state index in [9.17, 15) is 9.18 Å². The number of allylic oxidation sites excluding steroid dienone is 2. The van der Waals surface area contributed by atoms with Gasteiger partial charge in [-0.2, -0.15) is 0 Å². The lowest BCUT2D eigenvalue weighted by Gasteiger charge is -2.23. The summed E-state index contributed by atoms with van der Waals surface area (Å²) in [5.74, 6) is -0.271. The number of rotatable bonds is 7. The Morgan fingerprint density at radius 1 is 0.951 bits per heavy atom. The van der Waals surface area contributed by atoms with Crippen molar-refractivity contribution < 1.29 is 9.18 Å². The molecule has 206 valence electrons. The molecule has 4 aromatic rings. The van der Waals surface area contributed by atoms with E-state index in [-0.39, 0.29) is 11.7 Å². The van der Waals surface area contributed by atoms with E-state index in [1.165, 1.54) is 6.07 Å². The maximum Gasteiger partial charge on any atom is 0.224 e. The van der Waals surface area contributed by atoms with Gasteiger partial charge in [0.2, 0.25) is 5.91 Å². The Bertz CT molecular complexity index is 1680. The van der Waals surface area contributed by atoms with Crippen molar-refractivity contribution in [1.82, 2.24) is 9.97 Å². The van der Waals surface area contributed by atoms with Gasteiger partial charge in [0, 0.05) is 53.3 Å². The molecule has 1 amide bonds. The molecule has 41 heavy (non-hydrogen) atoms. The highest BCUT2D eigenvalue weighted by molar-refractivity contribution is 6.18. The highest BCUT2D eigenvalue weighted by Gasteiger charge is 2.23. The average molecular weight is 547 g/mol. The number of nitrogens with one attached hydrogen (secondary N) is 3. The molecule has 6 rings (SSSR count). The molecular weight excluding hydrogens is 515 g/mol. The summed E-state index contributed by atoms with van der Waals surface area (Å²) in [5.41, 5.74) is 9.42. The van der Waals surface area contributed by atoms with Crippen molar-refractivity contribution in [2.75, 3.05) is 29.0 Å². The molecule has 2 aromatic carbocycles. The van der Waals surface area contributed by atoms with E-state index < -0.39 is 0 Å². The standard InChI is InChI=1S/C33H31FN6O/c1-2-3-8-32(41)39-23-15-22(17-35-18-23)21-9-11-29-26(16-21)33(38-14-13-37-29)30-12-10-25-27(19-36-20-31(25)40-30)24-6-4-5-7-28(24)34/h4-7,9,11-12,15-20,37,40H,2-3,8,10,13-14H2,1H3,(H,39,41). The van der Waals surface area contributed by atoms with Gasteiger partial charge in [-0.1, -0.05) is 43.7 Å². The summed E-state index contributed by atoms with van der Waals surface area (Å²) in [5, 5.41) is 9.98. The fourth-order valence-electron chi connectivity index (χ4n) is 5.26. The molecule has 0 saturated heterocycles. The van der Waals surface area contributed by atoms with Crippen molar-refractivity contribution in [1.29, 1.82) is 0 Å². The third-order valence-electron chi connectivity index (χ3n) is 7.34. The van der Waals surface area contributed by atoms with Crippen LogP contribution in [0, 0.1) is 5.82 Å². The molecule has 2 aliphatic heterocycles. The first-order chi connectivity index (χ1) is 20.1. The van der Waals surface area contributed by atoms with E-state index in [4.69, 9.17) is 4.99 Å². The Balaban J connectivity index is 1.31. The van der Waals surface area contributed by atoms with Gasteiger partial charge in [0.1, 0.15) is 5.82 Å². The van der Waals surface area contributed by atoms with Gasteiger partial charge >= 0.3 is 0 Å². The number of hydrogen-bond donors (Lipinski definition) is 3. The number of anilines is 3. The van der Waals surface area contributed by atoms with Crippen LogP contribution in [-0.2, 0) is 11.2 Å². The topological polar surface area (TPSA) is 91.3 Å². The van der Waals surface area contributed by atoms with Gasteiger partial charge in [0.05, 0.1) is 41.7 Å². The molecule has 8 heteroatoms. The van der Waals surface area contributed by atoms with Crippen molar-refractivity contribution in [3.05, 3.63) is 102 Å². The molecule has 3 N–H and O–H groups in total. The minimum Gasteiger partial charge on any atom is -0.383 e. The number of carbonyl (C=O) groups excluding carboxylic acids is 1. The number of amides is 1. The normalized spacial score (nSPS) is 13.9. The zero-order chi connectivity index (χ0) is 28.2. The molecule has 0 atom stereocenters. The molecule has 0 bridgehead atoms. The average Bonchev–Trinajstić information content (AvgIpc) is 3.22. The first-order valence-corrected chi connectivity index (χ1v) is 14.0. The Morgan fingerprint density at radius 3 is 2.71 bits per heavy atom. The summed E-state index contributed by atoms with van der Waals surface area (Å²) >= 11 is 0. The van der Waals surface area contributed by atoms with Crippen LogP contribution < -0.4 is 16.0 Å². The zero-order valence-electron chi connectivity index (χ0n) is 22.9. The second kappa shape index (κ2) is 11.7. The quantitative estimate of drug-likeness (QED) is 0.236. The lowest BCUT2D eigenvalue weighted by molar-refractivity contribution is -0.116. The lowest BCUT2D eigenvalue weighted by atomic mass is 9.93. The van der Waals surface area contributed by atoms with Crippen molar-refractivity contribution in [3.8, 4) is 22.3 Å². The maximum atomic E-state index is 14.6. The highest BCUT2D eigenvalue weighted by Crippen LogP contribution is 2.36. The van der Waals surface area contributed by atoms with Crippen molar-refractivity contribution in [2.24, 2.45) is 4.99 Å². The van der Waals surface area contributed by atoms with E-state index in [0.717, 1.165) is 70.0 Å². The van der Waals surface area contributed by atoms with Gasteiger partial charge in [-0.25, -0.2) is 4.39 Å². The van der Waals surface area contributed by atoms with Crippen molar-refractivity contribution in [3.63, 3.8) is 0 Å². The SMILES string of the molecule is CCCCC(=O)Nc1cncc(-c2ccc3c(c2)C(C2=CCc4c(cncc4-c4ccccc4F)N2)=NCCN3)c1. The minimum atomic E-state index is -0.266. The number of hydrogen-bond acceptors (Lipinski definition) is 6. The Labute approximate surface area is 238 Å². The van der Waals surface area contributed by atoms with Crippen LogP contribution in [0.4, 0.5) is 21.5 Å². The predicted molar refractivity (Wildman–Crippen MR) is 163 cm³/mol. The third kappa shape index (κ3) is 5.59. The Morgan fingerprint density at radius 2 is 1.83 bits per heavy atom. The van der Waals surface area contributed by atoms with Gasteiger partial charge in [-0.15, -0.1) is 0 Å². The molecule has 2 aliphatic rings. The van der Waals surface area contributed by atoms with Crippen LogP contribution in [0.25, 0.3) is 22.3 Å². The van der Waals surface area contributed by atoms with E-state index in [1.54, 1.807) is 36.9 Å². The number of benzodiazepines with no additional fused rings is 1. The monoisotopic (exact) mass is 546 g/mol. The second-order valence-corrected chi connectivity index (χ2v) is 10.2. The van der Waals surface area contributed by atoms with Crippen molar-refractivity contribution in [2.45, 2.75) is 32.6 Å². The Kier molecular flexibility index (Phi) is 7.54. The predicted octanol–water partition coefficient (Wildman–Crippen LogP) is 6.85. The summed E-state index contributed by atoms with van der Waals surface area (Å²) < 4.78 is 14.6. The highest BCUT2D eigenvalue weighted by atomic mass is 19.1. The van der Waals surface area contributed by atoms with Crippen LogP contribution in [-0.4, -0.2) is 34.7 Å². The second-order valence-electron chi connectivity index (χ2n) is 10.2. The van der Waals surface area contributed by atoms with Crippen LogP contribution in [0.3, 0.4) is 0 Å². The van der Waals surface area contributed by atoms with Crippen LogP contribution in [0.15, 0.2) is 90.1 Å². The molecule has 4 heterocycles. The van der Waals surface area contributed by atoms with Crippen LogP contribution in [0.5, 0.6) is 0 Å². The summed E-state index contributed by atoms with van der Waals surface area (Å²) in [7, 11) is 0. The molecule has 2 aromatic heterocycles. The van der Waals surface area contributed by atoms with E-state index >= 15 is 0 Å². The van der Waals surface area contributed by atoms with Gasteiger partial charge in [-0.05, 0) is 48.2 Å².